The lowest BCUT2D eigenvalue weighted by Crippen LogP contribution is -2.29. The van der Waals surface area contributed by atoms with Crippen LogP contribution in [0.15, 0.2) is 36.4 Å². The van der Waals surface area contributed by atoms with Crippen LogP contribution in [0.5, 0.6) is 5.75 Å². The molecule has 2 saturated heterocycles. The van der Waals surface area contributed by atoms with E-state index >= 15 is 0 Å². The third-order valence-corrected chi connectivity index (χ3v) is 5.67. The number of aromatic nitrogens is 4. The largest absolute Gasteiger partial charge is 0.573 e. The molecule has 4 heterocycles. The van der Waals surface area contributed by atoms with Crippen molar-refractivity contribution in [2.45, 2.75) is 19.2 Å². The van der Waals surface area contributed by atoms with Crippen LogP contribution in [-0.4, -0.2) is 52.5 Å². The molecule has 5 rings (SSSR count). The van der Waals surface area contributed by atoms with Crippen molar-refractivity contribution >= 4 is 17.0 Å². The molecule has 0 radical (unpaired) electrons. The number of fused-ring (bicyclic) bond motifs is 1. The van der Waals surface area contributed by atoms with Crippen LogP contribution >= 0.6 is 0 Å². The third kappa shape index (κ3) is 3.48. The van der Waals surface area contributed by atoms with Crippen LogP contribution in [0.2, 0.25) is 0 Å². The number of rotatable bonds is 3. The molecule has 152 valence electrons. The molecule has 1 aromatic carbocycles. The van der Waals surface area contributed by atoms with Crippen molar-refractivity contribution in [1.29, 1.82) is 0 Å². The molecule has 0 amide bonds. The van der Waals surface area contributed by atoms with E-state index in [1.807, 2.05) is 12.1 Å². The molecule has 29 heavy (non-hydrogen) atoms. The lowest BCUT2D eigenvalue weighted by Gasteiger charge is -2.23. The van der Waals surface area contributed by atoms with Gasteiger partial charge < -0.3 is 15.0 Å². The zero-order valence-corrected chi connectivity index (χ0v) is 15.5. The van der Waals surface area contributed by atoms with Gasteiger partial charge in [0.25, 0.3) is 0 Å². The number of benzene rings is 1. The molecule has 2 fully saturated rings. The minimum absolute atomic E-state index is 0.304. The second-order valence-electron chi connectivity index (χ2n) is 7.66. The van der Waals surface area contributed by atoms with Gasteiger partial charge in [0.2, 0.25) is 0 Å². The second-order valence-corrected chi connectivity index (χ2v) is 7.66. The number of pyridine rings is 1. The summed E-state index contributed by atoms with van der Waals surface area (Å²) in [6.45, 7) is 3.94. The highest BCUT2D eigenvalue weighted by molar-refractivity contribution is 5.74. The second kappa shape index (κ2) is 6.58. The fraction of sp³-hybridized carbons (Fsp3) is 0.421. The summed E-state index contributed by atoms with van der Waals surface area (Å²) in [5, 5.41) is 11.6. The highest BCUT2D eigenvalue weighted by atomic mass is 19.4. The first kappa shape index (κ1) is 18.2. The Morgan fingerprint density at radius 2 is 2.03 bits per heavy atom. The number of ether oxygens (including phenoxy) is 1. The van der Waals surface area contributed by atoms with Gasteiger partial charge in [-0.25, -0.2) is 4.98 Å². The van der Waals surface area contributed by atoms with Gasteiger partial charge in [-0.1, -0.05) is 11.3 Å². The van der Waals surface area contributed by atoms with Crippen molar-refractivity contribution in [2.75, 3.05) is 31.1 Å². The summed E-state index contributed by atoms with van der Waals surface area (Å²) in [6, 6.07) is 9.40. The van der Waals surface area contributed by atoms with Crippen molar-refractivity contribution in [1.82, 2.24) is 25.3 Å². The van der Waals surface area contributed by atoms with Gasteiger partial charge in [-0.15, -0.1) is 18.3 Å². The van der Waals surface area contributed by atoms with Crippen LogP contribution in [0, 0.1) is 5.41 Å². The number of nitrogens with zero attached hydrogens (tertiary/aromatic N) is 5. The smallest absolute Gasteiger partial charge is 0.406 e. The Balaban J connectivity index is 1.47. The third-order valence-electron chi connectivity index (χ3n) is 5.67. The zero-order valence-electron chi connectivity index (χ0n) is 15.5. The fourth-order valence-corrected chi connectivity index (χ4v) is 4.24. The summed E-state index contributed by atoms with van der Waals surface area (Å²) in [6.07, 6.45) is -2.47. The molecular weight excluding hydrogens is 385 g/mol. The van der Waals surface area contributed by atoms with Crippen molar-refractivity contribution in [3.63, 3.8) is 0 Å². The average molecular weight is 404 g/mol. The van der Waals surface area contributed by atoms with Gasteiger partial charge in [0.15, 0.2) is 5.65 Å². The molecule has 0 saturated carbocycles. The van der Waals surface area contributed by atoms with E-state index in [-0.39, 0.29) is 5.75 Å². The number of hydrogen-bond acceptors (Lipinski definition) is 6. The van der Waals surface area contributed by atoms with Gasteiger partial charge in [0.1, 0.15) is 17.1 Å². The Hall–Kier alpha value is -2.88. The highest BCUT2D eigenvalue weighted by Gasteiger charge is 2.40. The minimum atomic E-state index is -4.75. The highest BCUT2D eigenvalue weighted by Crippen LogP contribution is 2.38. The molecule has 0 aliphatic carbocycles. The van der Waals surface area contributed by atoms with E-state index in [9.17, 15) is 13.2 Å². The topological polar surface area (TPSA) is 68.1 Å². The minimum Gasteiger partial charge on any atom is -0.406 e. The fourth-order valence-electron chi connectivity index (χ4n) is 4.24. The summed E-state index contributed by atoms with van der Waals surface area (Å²) in [5.74, 6) is 0.512. The summed E-state index contributed by atoms with van der Waals surface area (Å²) in [5.41, 5.74) is 1.78. The quantitative estimate of drug-likeness (QED) is 0.724. The molecule has 7 nitrogen and oxygen atoms in total. The Morgan fingerprint density at radius 3 is 2.83 bits per heavy atom. The van der Waals surface area contributed by atoms with Gasteiger partial charge in [-0.05, 0) is 43.7 Å². The van der Waals surface area contributed by atoms with Crippen LogP contribution in [0.25, 0.3) is 16.9 Å². The first-order chi connectivity index (χ1) is 13.9. The predicted molar refractivity (Wildman–Crippen MR) is 100 cm³/mol. The molecule has 3 aromatic rings. The Bertz CT molecular complexity index is 1040. The molecule has 2 aliphatic rings. The summed E-state index contributed by atoms with van der Waals surface area (Å²) < 4.78 is 43.1. The Kier molecular flexibility index (Phi) is 4.12. The number of nitrogens with one attached hydrogen (secondary N) is 1. The maximum absolute atomic E-state index is 12.5. The first-order valence-corrected chi connectivity index (χ1v) is 9.45. The monoisotopic (exact) mass is 404 g/mol. The van der Waals surface area contributed by atoms with Crippen molar-refractivity contribution < 1.29 is 17.9 Å². The molecule has 1 N–H and O–H groups in total. The molecule has 1 spiro atoms. The van der Waals surface area contributed by atoms with Crippen LogP contribution in [0.4, 0.5) is 19.0 Å². The first-order valence-electron chi connectivity index (χ1n) is 9.45. The number of anilines is 1. The molecule has 1 atom stereocenters. The Labute approximate surface area is 164 Å². The van der Waals surface area contributed by atoms with Gasteiger partial charge >= 0.3 is 6.36 Å². The Morgan fingerprint density at radius 1 is 1.14 bits per heavy atom. The van der Waals surface area contributed by atoms with Crippen LogP contribution in [-0.2, 0) is 0 Å². The van der Waals surface area contributed by atoms with E-state index < -0.39 is 6.36 Å². The zero-order chi connectivity index (χ0) is 20.1. The molecule has 10 heteroatoms. The summed E-state index contributed by atoms with van der Waals surface area (Å²) >= 11 is 0. The van der Waals surface area contributed by atoms with E-state index in [0.29, 0.717) is 22.3 Å². The number of alkyl halides is 3. The van der Waals surface area contributed by atoms with Gasteiger partial charge in [-0.2, -0.15) is 4.68 Å². The number of hydrogen-bond donors (Lipinski definition) is 1. The maximum atomic E-state index is 12.5. The lowest BCUT2D eigenvalue weighted by molar-refractivity contribution is -0.274. The van der Waals surface area contributed by atoms with E-state index in [0.717, 1.165) is 44.8 Å². The molecule has 0 bridgehead atoms. The average Bonchev–Trinajstić information content (AvgIpc) is 3.41. The normalized spacial score (nSPS) is 22.1. The molecule has 2 aromatic heterocycles. The molecule has 1 unspecified atom stereocenters. The van der Waals surface area contributed by atoms with Crippen LogP contribution in [0.3, 0.4) is 0 Å². The predicted octanol–water partition coefficient (Wildman–Crippen LogP) is 2.90. The van der Waals surface area contributed by atoms with Gasteiger partial charge in [-0.3, -0.25) is 0 Å². The standard InChI is InChI=1S/C19H19F3N6O/c20-19(21,22)29-14-3-1-2-13(10-14)28-17-15(25-26-28)4-5-16(24-17)27-9-7-18(12-27)6-8-23-11-18/h1-5,10,23H,6-9,11-12H2. The SMILES string of the molecule is FC(F)(F)Oc1cccc(-n2nnc3ccc(N4CCC5(CCNC5)C4)nc32)c1. The maximum Gasteiger partial charge on any atom is 0.573 e. The number of halogens is 3. The van der Waals surface area contributed by atoms with E-state index in [4.69, 9.17) is 4.98 Å². The van der Waals surface area contributed by atoms with E-state index in [1.165, 1.54) is 22.9 Å². The molecular formula is C19H19F3N6O. The van der Waals surface area contributed by atoms with Gasteiger partial charge in [0, 0.05) is 31.1 Å². The van der Waals surface area contributed by atoms with Crippen molar-refractivity contribution in [2.24, 2.45) is 5.41 Å². The van der Waals surface area contributed by atoms with E-state index in [1.54, 1.807) is 6.07 Å². The molecule has 2 aliphatic heterocycles. The lowest BCUT2D eigenvalue weighted by atomic mass is 9.87. The van der Waals surface area contributed by atoms with E-state index in [2.05, 4.69) is 25.3 Å². The van der Waals surface area contributed by atoms with Crippen LogP contribution < -0.4 is 15.0 Å². The van der Waals surface area contributed by atoms with Crippen molar-refractivity contribution in [3.8, 4) is 11.4 Å². The summed E-state index contributed by atoms with van der Waals surface area (Å²) in [7, 11) is 0. The van der Waals surface area contributed by atoms with Crippen molar-refractivity contribution in [3.05, 3.63) is 36.4 Å². The van der Waals surface area contributed by atoms with Crippen LogP contribution in [0.1, 0.15) is 12.8 Å². The summed E-state index contributed by atoms with van der Waals surface area (Å²) in [4.78, 5) is 6.99. The van der Waals surface area contributed by atoms with Gasteiger partial charge in [0.05, 0.1) is 5.69 Å².